The lowest BCUT2D eigenvalue weighted by Gasteiger charge is -2.38. The van der Waals surface area contributed by atoms with E-state index in [0.717, 1.165) is 29.8 Å². The summed E-state index contributed by atoms with van der Waals surface area (Å²) in [5.41, 5.74) is 3.61. The minimum Gasteiger partial charge on any atom is -0.506 e. The van der Waals surface area contributed by atoms with Gasteiger partial charge in [-0.15, -0.1) is 0 Å². The number of guanidine groups is 1. The molecule has 1 saturated heterocycles. The van der Waals surface area contributed by atoms with E-state index in [1.54, 1.807) is 18.2 Å². The van der Waals surface area contributed by atoms with E-state index >= 15 is 0 Å². The third-order valence-electron chi connectivity index (χ3n) is 5.76. The zero-order valence-corrected chi connectivity index (χ0v) is 19.1. The highest BCUT2D eigenvalue weighted by atomic mass is 19.1. The number of benzene rings is 3. The number of piperazine rings is 1. The number of phenols is 1. The number of halogens is 1. The minimum atomic E-state index is -0.234. The van der Waals surface area contributed by atoms with Crippen LogP contribution in [0.15, 0.2) is 77.8 Å². The maximum absolute atomic E-state index is 13.5. The van der Waals surface area contributed by atoms with Gasteiger partial charge in [0.1, 0.15) is 11.6 Å². The van der Waals surface area contributed by atoms with Gasteiger partial charge in [0.25, 0.3) is 0 Å². The van der Waals surface area contributed by atoms with Gasteiger partial charge in [-0.3, -0.25) is 4.99 Å². The molecule has 0 saturated carbocycles. The summed E-state index contributed by atoms with van der Waals surface area (Å²) in [6.07, 6.45) is 0.635. The Morgan fingerprint density at radius 3 is 2.48 bits per heavy atom. The molecule has 0 amide bonds. The summed E-state index contributed by atoms with van der Waals surface area (Å²) in [5.74, 6) is 0.651. The summed E-state index contributed by atoms with van der Waals surface area (Å²) in [6.45, 7) is 6.42. The molecule has 3 N–H and O–H groups in total. The van der Waals surface area contributed by atoms with Crippen LogP contribution in [0.4, 0.5) is 10.1 Å². The van der Waals surface area contributed by atoms with Crippen LogP contribution in [0.5, 0.6) is 5.75 Å². The number of phenolic OH excluding ortho intramolecular Hbond substituents is 1. The Bertz CT molecular complexity index is 1090. The Morgan fingerprint density at radius 1 is 1.00 bits per heavy atom. The van der Waals surface area contributed by atoms with Gasteiger partial charge >= 0.3 is 0 Å². The minimum absolute atomic E-state index is 0.170. The molecule has 0 aliphatic carbocycles. The second kappa shape index (κ2) is 10.5. The van der Waals surface area contributed by atoms with Gasteiger partial charge in [0.15, 0.2) is 5.96 Å². The number of rotatable bonds is 5. The summed E-state index contributed by atoms with van der Waals surface area (Å²) < 4.78 is 13.5. The number of anilines is 1. The van der Waals surface area contributed by atoms with Gasteiger partial charge in [-0.25, -0.2) is 4.39 Å². The molecule has 0 radical (unpaired) electrons. The van der Waals surface area contributed by atoms with Crippen molar-refractivity contribution in [1.82, 2.24) is 10.2 Å². The van der Waals surface area contributed by atoms with Crippen molar-refractivity contribution in [1.29, 1.82) is 0 Å². The van der Waals surface area contributed by atoms with Gasteiger partial charge in [0.2, 0.25) is 0 Å². The Hall–Kier alpha value is -3.38. The first-order valence-corrected chi connectivity index (χ1v) is 11.4. The van der Waals surface area contributed by atoms with Crippen LogP contribution in [0.3, 0.4) is 0 Å². The van der Waals surface area contributed by atoms with Gasteiger partial charge in [0, 0.05) is 31.7 Å². The third kappa shape index (κ3) is 6.11. The predicted octanol–water partition coefficient (Wildman–Crippen LogP) is 4.89. The summed E-state index contributed by atoms with van der Waals surface area (Å²) in [6, 6.07) is 22.9. The number of aliphatic imine (C=N–C) groups is 1. The average molecular weight is 447 g/mol. The van der Waals surface area contributed by atoms with Crippen LogP contribution >= 0.6 is 0 Å². The van der Waals surface area contributed by atoms with Crippen molar-refractivity contribution in [2.45, 2.75) is 32.4 Å². The van der Waals surface area contributed by atoms with Crippen LogP contribution in [-0.4, -0.2) is 47.7 Å². The first-order chi connectivity index (χ1) is 16.0. The van der Waals surface area contributed by atoms with Crippen molar-refractivity contribution in [2.24, 2.45) is 4.99 Å². The van der Waals surface area contributed by atoms with Crippen molar-refractivity contribution >= 4 is 11.6 Å². The lowest BCUT2D eigenvalue weighted by atomic mass is 10.0. The molecule has 1 fully saturated rings. The molecule has 0 spiro atoms. The molecule has 172 valence electrons. The van der Waals surface area contributed by atoms with E-state index in [9.17, 15) is 9.50 Å². The Labute approximate surface area is 195 Å². The van der Waals surface area contributed by atoms with Crippen molar-refractivity contribution in [2.75, 3.05) is 25.0 Å². The van der Waals surface area contributed by atoms with Crippen LogP contribution in [0, 0.1) is 5.82 Å². The Balaban J connectivity index is 1.59. The summed E-state index contributed by atoms with van der Waals surface area (Å²) in [5, 5.41) is 17.5. The van der Waals surface area contributed by atoms with Crippen LogP contribution in [0.2, 0.25) is 0 Å². The van der Waals surface area contributed by atoms with Crippen LogP contribution in [-0.2, 0) is 6.42 Å². The van der Waals surface area contributed by atoms with Gasteiger partial charge < -0.3 is 20.6 Å². The fraction of sp³-hybridized carbons (Fsp3) is 0.296. The van der Waals surface area contributed by atoms with Crippen LogP contribution in [0.25, 0.3) is 11.1 Å². The van der Waals surface area contributed by atoms with Gasteiger partial charge in [-0.05, 0) is 61.2 Å². The summed E-state index contributed by atoms with van der Waals surface area (Å²) >= 11 is 0. The SMILES string of the molecule is CC1CN(C(=NCCc2cccc(F)c2)Nc2cc(-c3ccccc3)ccc2O)CC(C)N1. The molecular formula is C27H31FN4O. The molecule has 1 aliphatic rings. The lowest BCUT2D eigenvalue weighted by molar-refractivity contribution is 0.254. The van der Waals surface area contributed by atoms with Gasteiger partial charge in [-0.2, -0.15) is 0 Å². The van der Waals surface area contributed by atoms with Crippen LogP contribution < -0.4 is 10.6 Å². The largest absolute Gasteiger partial charge is 0.506 e. The molecule has 3 aromatic carbocycles. The van der Waals surface area contributed by atoms with Crippen LogP contribution in [0.1, 0.15) is 19.4 Å². The quantitative estimate of drug-likeness (QED) is 0.297. The summed E-state index contributed by atoms with van der Waals surface area (Å²) in [7, 11) is 0. The third-order valence-corrected chi connectivity index (χ3v) is 5.76. The van der Waals surface area contributed by atoms with E-state index < -0.39 is 0 Å². The molecule has 5 nitrogen and oxygen atoms in total. The zero-order chi connectivity index (χ0) is 23.2. The van der Waals surface area contributed by atoms with E-state index in [1.807, 2.05) is 48.5 Å². The highest BCUT2D eigenvalue weighted by molar-refractivity contribution is 5.96. The first kappa shape index (κ1) is 22.8. The fourth-order valence-corrected chi connectivity index (χ4v) is 4.27. The molecule has 1 aliphatic heterocycles. The van der Waals surface area contributed by atoms with E-state index in [0.29, 0.717) is 36.7 Å². The molecule has 6 heteroatoms. The number of aromatic hydroxyl groups is 1. The molecule has 0 bridgehead atoms. The molecule has 1 heterocycles. The smallest absolute Gasteiger partial charge is 0.198 e. The molecule has 33 heavy (non-hydrogen) atoms. The maximum atomic E-state index is 13.5. The fourth-order valence-electron chi connectivity index (χ4n) is 4.27. The number of nitrogens with one attached hydrogen (secondary N) is 2. The second-order valence-electron chi connectivity index (χ2n) is 8.68. The van der Waals surface area contributed by atoms with E-state index in [1.165, 1.54) is 6.07 Å². The number of hydrogen-bond donors (Lipinski definition) is 3. The van der Waals surface area contributed by atoms with Gasteiger partial charge in [0.05, 0.1) is 5.69 Å². The second-order valence-corrected chi connectivity index (χ2v) is 8.68. The van der Waals surface area contributed by atoms with E-state index in [4.69, 9.17) is 4.99 Å². The number of nitrogens with zero attached hydrogens (tertiary/aromatic N) is 2. The van der Waals surface area contributed by atoms with E-state index in [-0.39, 0.29) is 11.6 Å². The zero-order valence-electron chi connectivity index (χ0n) is 19.1. The Morgan fingerprint density at radius 2 is 1.76 bits per heavy atom. The monoisotopic (exact) mass is 446 g/mol. The molecule has 2 unspecified atom stereocenters. The molecule has 2 atom stereocenters. The predicted molar refractivity (Wildman–Crippen MR) is 133 cm³/mol. The van der Waals surface area contributed by atoms with Gasteiger partial charge in [-0.1, -0.05) is 48.5 Å². The topological polar surface area (TPSA) is 59.9 Å². The van der Waals surface area contributed by atoms with Crippen molar-refractivity contribution in [3.8, 4) is 16.9 Å². The lowest BCUT2D eigenvalue weighted by Crippen LogP contribution is -2.57. The average Bonchev–Trinajstić information content (AvgIpc) is 2.79. The van der Waals surface area contributed by atoms with E-state index in [2.05, 4.69) is 29.4 Å². The highest BCUT2D eigenvalue weighted by Gasteiger charge is 2.24. The first-order valence-electron chi connectivity index (χ1n) is 11.4. The summed E-state index contributed by atoms with van der Waals surface area (Å²) in [4.78, 5) is 7.06. The molecule has 3 aromatic rings. The standard InChI is InChI=1S/C27H31FN4O/c1-19-17-32(18-20(2)30-19)27(29-14-13-21-7-6-10-24(28)15-21)31-25-16-23(11-12-26(25)33)22-8-4-3-5-9-22/h3-12,15-16,19-20,30,33H,13-14,17-18H2,1-2H3,(H,29,31). The van der Waals surface area contributed by atoms with Crippen molar-refractivity contribution in [3.63, 3.8) is 0 Å². The molecule has 0 aromatic heterocycles. The van der Waals surface area contributed by atoms with Crippen molar-refractivity contribution in [3.05, 3.63) is 84.2 Å². The number of hydrogen-bond acceptors (Lipinski definition) is 3. The normalized spacial score (nSPS) is 18.9. The Kier molecular flexibility index (Phi) is 7.25. The highest BCUT2D eigenvalue weighted by Crippen LogP contribution is 2.30. The molecule has 4 rings (SSSR count). The maximum Gasteiger partial charge on any atom is 0.198 e. The molecular weight excluding hydrogens is 415 g/mol. The van der Waals surface area contributed by atoms with Crippen molar-refractivity contribution < 1.29 is 9.50 Å².